The molecular formula is C17H19N3O4S. The van der Waals surface area contributed by atoms with Gasteiger partial charge in [-0.1, -0.05) is 36.4 Å². The molecule has 2 aromatic carbocycles. The molecule has 0 aliphatic carbocycles. The Kier molecular flexibility index (Phi) is 5.76. The average molecular weight is 361 g/mol. The molecule has 0 spiro atoms. The van der Waals surface area contributed by atoms with Crippen LogP contribution >= 0.6 is 0 Å². The Balaban J connectivity index is 2.06. The molecule has 7 nitrogen and oxygen atoms in total. The number of hydrogen-bond acceptors (Lipinski definition) is 4. The number of carbonyl (C=O) groups is 2. The van der Waals surface area contributed by atoms with Crippen LogP contribution in [0.15, 0.2) is 54.6 Å². The Morgan fingerprint density at radius 2 is 1.56 bits per heavy atom. The summed E-state index contributed by atoms with van der Waals surface area (Å²) < 4.78 is 25.1. The number of nitrogens with one attached hydrogen (secondary N) is 2. The van der Waals surface area contributed by atoms with Gasteiger partial charge in [-0.05, 0) is 30.7 Å². The largest absolute Gasteiger partial charge is 0.271 e. The van der Waals surface area contributed by atoms with Gasteiger partial charge in [-0.15, -0.1) is 0 Å². The van der Waals surface area contributed by atoms with E-state index in [1.54, 1.807) is 61.5 Å². The lowest BCUT2D eigenvalue weighted by Gasteiger charge is -2.23. The van der Waals surface area contributed by atoms with E-state index in [0.29, 0.717) is 16.8 Å². The molecule has 0 aromatic heterocycles. The van der Waals surface area contributed by atoms with Crippen LogP contribution in [0.25, 0.3) is 0 Å². The highest BCUT2D eigenvalue weighted by molar-refractivity contribution is 7.92. The molecule has 2 amide bonds. The molecule has 25 heavy (non-hydrogen) atoms. The first-order valence-electron chi connectivity index (χ1n) is 7.46. The fourth-order valence-electron chi connectivity index (χ4n) is 2.18. The van der Waals surface area contributed by atoms with Crippen LogP contribution in [0.3, 0.4) is 0 Å². The van der Waals surface area contributed by atoms with Gasteiger partial charge in [0.2, 0.25) is 10.0 Å². The lowest BCUT2D eigenvalue weighted by molar-refractivity contribution is -0.120. The molecular weight excluding hydrogens is 342 g/mol. The van der Waals surface area contributed by atoms with Crippen LogP contribution in [0.4, 0.5) is 5.69 Å². The maximum Gasteiger partial charge on any atom is 0.269 e. The molecule has 2 N–H and O–H groups in total. The number of hydrogen-bond donors (Lipinski definition) is 2. The Morgan fingerprint density at radius 1 is 0.960 bits per heavy atom. The van der Waals surface area contributed by atoms with E-state index in [0.717, 1.165) is 10.6 Å². The van der Waals surface area contributed by atoms with E-state index in [1.165, 1.54) is 0 Å². The van der Waals surface area contributed by atoms with Gasteiger partial charge in [0.15, 0.2) is 0 Å². The number of rotatable bonds is 5. The maximum atomic E-state index is 12.1. The number of anilines is 1. The first-order valence-corrected chi connectivity index (χ1v) is 9.31. The summed E-state index contributed by atoms with van der Waals surface area (Å²) in [5.74, 6) is -1.14. The summed E-state index contributed by atoms with van der Waals surface area (Å²) in [5, 5.41) is 0. The van der Waals surface area contributed by atoms with E-state index in [2.05, 4.69) is 10.9 Å². The summed E-state index contributed by atoms with van der Waals surface area (Å²) in [7, 11) is -3.67. The molecule has 2 rings (SSSR count). The van der Waals surface area contributed by atoms with Crippen molar-refractivity contribution in [2.75, 3.05) is 17.1 Å². The third-order valence-electron chi connectivity index (χ3n) is 3.42. The molecule has 0 aliphatic rings. The summed E-state index contributed by atoms with van der Waals surface area (Å²) >= 11 is 0. The van der Waals surface area contributed by atoms with Gasteiger partial charge in [0.25, 0.3) is 11.8 Å². The third-order valence-corrected chi connectivity index (χ3v) is 4.55. The summed E-state index contributed by atoms with van der Waals surface area (Å²) in [6.45, 7) is 1.31. The Bertz CT molecular complexity index is 866. The predicted octanol–water partition coefficient (Wildman–Crippen LogP) is 1.22. The summed E-state index contributed by atoms with van der Waals surface area (Å²) in [5.41, 5.74) is 5.99. The number of amides is 2. The van der Waals surface area contributed by atoms with Crippen molar-refractivity contribution in [2.45, 2.75) is 6.92 Å². The highest BCUT2D eigenvalue weighted by Gasteiger charge is 2.22. The molecule has 132 valence electrons. The smallest absolute Gasteiger partial charge is 0.269 e. The van der Waals surface area contributed by atoms with E-state index in [4.69, 9.17) is 0 Å². The second-order valence-electron chi connectivity index (χ2n) is 5.42. The van der Waals surface area contributed by atoms with Crippen LogP contribution in [-0.4, -0.2) is 33.0 Å². The second kappa shape index (κ2) is 7.80. The predicted molar refractivity (Wildman–Crippen MR) is 95.4 cm³/mol. The minimum absolute atomic E-state index is 0.377. The van der Waals surface area contributed by atoms with Crippen molar-refractivity contribution in [3.63, 3.8) is 0 Å². The van der Waals surface area contributed by atoms with Crippen LogP contribution in [0.1, 0.15) is 15.9 Å². The van der Waals surface area contributed by atoms with Crippen molar-refractivity contribution < 1.29 is 18.0 Å². The van der Waals surface area contributed by atoms with Gasteiger partial charge < -0.3 is 0 Å². The standard InChI is InChI=1S/C17H19N3O4S/c1-13-8-6-7-11-15(13)20(25(2,23)24)12-16(21)18-19-17(22)14-9-4-3-5-10-14/h3-11H,12H2,1-2H3,(H,18,21)(H,19,22). The zero-order valence-corrected chi connectivity index (χ0v) is 14.7. The maximum absolute atomic E-state index is 12.1. The highest BCUT2D eigenvalue weighted by atomic mass is 32.2. The molecule has 2 aromatic rings. The van der Waals surface area contributed by atoms with E-state index >= 15 is 0 Å². The van der Waals surface area contributed by atoms with Crippen LogP contribution in [-0.2, 0) is 14.8 Å². The zero-order valence-electron chi connectivity index (χ0n) is 13.9. The van der Waals surface area contributed by atoms with Crippen molar-refractivity contribution in [2.24, 2.45) is 0 Å². The zero-order chi connectivity index (χ0) is 18.4. The van der Waals surface area contributed by atoms with Crippen molar-refractivity contribution in [1.29, 1.82) is 0 Å². The first kappa shape index (κ1) is 18.5. The van der Waals surface area contributed by atoms with E-state index in [9.17, 15) is 18.0 Å². The molecule has 0 heterocycles. The molecule has 0 bridgehead atoms. The Hall–Kier alpha value is -2.87. The molecule has 0 saturated carbocycles. The van der Waals surface area contributed by atoms with E-state index < -0.39 is 28.4 Å². The lowest BCUT2D eigenvalue weighted by atomic mass is 10.2. The number of benzene rings is 2. The number of nitrogens with zero attached hydrogens (tertiary/aromatic N) is 1. The molecule has 0 aliphatic heterocycles. The summed E-state index contributed by atoms with van der Waals surface area (Å²) in [4.78, 5) is 24.0. The molecule has 0 radical (unpaired) electrons. The van der Waals surface area contributed by atoms with Crippen molar-refractivity contribution in [1.82, 2.24) is 10.9 Å². The van der Waals surface area contributed by atoms with Crippen molar-refractivity contribution in [3.8, 4) is 0 Å². The normalized spacial score (nSPS) is 10.8. The van der Waals surface area contributed by atoms with Crippen LogP contribution in [0.2, 0.25) is 0 Å². The minimum atomic E-state index is -3.67. The number of hydrazine groups is 1. The van der Waals surface area contributed by atoms with Crippen LogP contribution in [0.5, 0.6) is 0 Å². The third kappa shape index (κ3) is 5.05. The van der Waals surface area contributed by atoms with Gasteiger partial charge in [0.1, 0.15) is 6.54 Å². The minimum Gasteiger partial charge on any atom is -0.271 e. The van der Waals surface area contributed by atoms with Crippen molar-refractivity contribution >= 4 is 27.5 Å². The molecule has 0 atom stereocenters. The van der Waals surface area contributed by atoms with Gasteiger partial charge in [-0.3, -0.25) is 24.7 Å². The average Bonchev–Trinajstić information content (AvgIpc) is 2.58. The monoisotopic (exact) mass is 361 g/mol. The Morgan fingerprint density at radius 3 is 2.16 bits per heavy atom. The molecule has 0 unspecified atom stereocenters. The first-order chi connectivity index (χ1) is 11.8. The Labute approximate surface area is 146 Å². The molecule has 8 heteroatoms. The van der Waals surface area contributed by atoms with Gasteiger partial charge in [-0.25, -0.2) is 8.42 Å². The van der Waals surface area contributed by atoms with Gasteiger partial charge in [0, 0.05) is 5.56 Å². The SMILES string of the molecule is Cc1ccccc1N(CC(=O)NNC(=O)c1ccccc1)S(C)(=O)=O. The second-order valence-corrected chi connectivity index (χ2v) is 7.33. The molecule has 0 saturated heterocycles. The summed E-state index contributed by atoms with van der Waals surface area (Å²) in [6, 6.07) is 15.2. The van der Waals surface area contributed by atoms with Crippen LogP contribution < -0.4 is 15.2 Å². The molecule has 0 fully saturated rings. The number of para-hydroxylation sites is 1. The van der Waals surface area contributed by atoms with Gasteiger partial charge in [0.05, 0.1) is 11.9 Å². The number of aryl methyl sites for hydroxylation is 1. The van der Waals surface area contributed by atoms with Gasteiger partial charge in [-0.2, -0.15) is 0 Å². The van der Waals surface area contributed by atoms with E-state index in [1.807, 2.05) is 0 Å². The topological polar surface area (TPSA) is 95.6 Å². The van der Waals surface area contributed by atoms with Crippen molar-refractivity contribution in [3.05, 3.63) is 65.7 Å². The lowest BCUT2D eigenvalue weighted by Crippen LogP contribution is -2.47. The highest BCUT2D eigenvalue weighted by Crippen LogP contribution is 2.21. The fourth-order valence-corrected chi connectivity index (χ4v) is 3.10. The number of sulfonamides is 1. The van der Waals surface area contributed by atoms with Gasteiger partial charge >= 0.3 is 0 Å². The van der Waals surface area contributed by atoms with E-state index in [-0.39, 0.29) is 0 Å². The summed E-state index contributed by atoms with van der Waals surface area (Å²) in [6.07, 6.45) is 1.02. The fraction of sp³-hybridized carbons (Fsp3) is 0.176. The number of carbonyl (C=O) groups excluding carboxylic acids is 2. The van der Waals surface area contributed by atoms with Crippen LogP contribution in [0, 0.1) is 6.92 Å². The quantitative estimate of drug-likeness (QED) is 0.783.